The number of benzene rings is 1. The van der Waals surface area contributed by atoms with Crippen molar-refractivity contribution in [2.75, 3.05) is 32.0 Å². The maximum absolute atomic E-state index is 12.1. The number of nitrogens with one attached hydrogen (secondary N) is 1. The number of nitrogens with zero attached hydrogens (tertiary/aromatic N) is 1. The second-order valence-electron chi connectivity index (χ2n) is 5.94. The molecule has 0 bridgehead atoms. The quantitative estimate of drug-likeness (QED) is 0.780. The molecule has 5 heteroatoms. The lowest BCUT2D eigenvalue weighted by Crippen LogP contribution is -2.52. The normalized spacial score (nSPS) is 18.6. The van der Waals surface area contributed by atoms with Gasteiger partial charge in [-0.25, -0.2) is 0 Å². The van der Waals surface area contributed by atoms with E-state index in [1.165, 1.54) is 0 Å². The lowest BCUT2D eigenvalue weighted by molar-refractivity contribution is -0.122. The first-order valence-corrected chi connectivity index (χ1v) is 8.02. The van der Waals surface area contributed by atoms with Crippen LogP contribution in [0.15, 0.2) is 24.3 Å². The molecule has 122 valence electrons. The van der Waals surface area contributed by atoms with Crippen molar-refractivity contribution in [1.82, 2.24) is 10.2 Å². The topological polar surface area (TPSA) is 67.6 Å². The van der Waals surface area contributed by atoms with Crippen LogP contribution in [0.5, 0.6) is 0 Å². The number of morpholine rings is 1. The summed E-state index contributed by atoms with van der Waals surface area (Å²) >= 11 is 0. The number of hydrogen-bond donors (Lipinski definition) is 2. The zero-order valence-corrected chi connectivity index (χ0v) is 13.5. The molecule has 0 aliphatic carbocycles. The average Bonchev–Trinajstić information content (AvgIpc) is 2.54. The van der Waals surface area contributed by atoms with E-state index in [2.05, 4.69) is 24.1 Å². The number of rotatable bonds is 6. The number of aryl methyl sites for hydroxylation is 1. The Morgan fingerprint density at radius 1 is 1.32 bits per heavy atom. The highest BCUT2D eigenvalue weighted by molar-refractivity contribution is 5.76. The smallest absolute Gasteiger partial charge is 0.220 e. The van der Waals surface area contributed by atoms with E-state index in [4.69, 9.17) is 10.5 Å². The van der Waals surface area contributed by atoms with Crippen molar-refractivity contribution >= 4 is 11.6 Å². The van der Waals surface area contributed by atoms with Crippen molar-refractivity contribution in [3.63, 3.8) is 0 Å². The summed E-state index contributed by atoms with van der Waals surface area (Å²) in [5.74, 6) is 0.0795. The highest BCUT2D eigenvalue weighted by Crippen LogP contribution is 2.13. The third kappa shape index (κ3) is 4.71. The van der Waals surface area contributed by atoms with E-state index in [1.54, 1.807) is 0 Å². The lowest BCUT2D eigenvalue weighted by Gasteiger charge is -2.35. The van der Waals surface area contributed by atoms with Crippen molar-refractivity contribution in [1.29, 1.82) is 0 Å². The monoisotopic (exact) mass is 305 g/mol. The first-order valence-electron chi connectivity index (χ1n) is 8.02. The van der Waals surface area contributed by atoms with E-state index in [9.17, 15) is 4.79 Å². The number of ether oxygens (including phenoxy) is 1. The van der Waals surface area contributed by atoms with Gasteiger partial charge in [-0.15, -0.1) is 0 Å². The van der Waals surface area contributed by atoms with Gasteiger partial charge in [-0.2, -0.15) is 0 Å². The van der Waals surface area contributed by atoms with E-state index >= 15 is 0 Å². The van der Waals surface area contributed by atoms with E-state index in [1.807, 2.05) is 24.3 Å². The largest absolute Gasteiger partial charge is 0.399 e. The molecule has 1 fully saturated rings. The van der Waals surface area contributed by atoms with Gasteiger partial charge in [0.1, 0.15) is 0 Å². The Bertz CT molecular complexity index is 487. The van der Waals surface area contributed by atoms with Crippen LogP contribution in [0, 0.1) is 0 Å². The highest BCUT2D eigenvalue weighted by atomic mass is 16.5. The molecule has 2 unspecified atom stereocenters. The standard InChI is InChI=1S/C17H27N3O2/c1-13(14(2)20-9-11-22-12-10-20)19-17(21)8-7-15-5-3-4-6-16(15)18/h3-6,13-14H,7-12,18H2,1-2H3,(H,19,21). The summed E-state index contributed by atoms with van der Waals surface area (Å²) in [4.78, 5) is 14.5. The Balaban J connectivity index is 1.77. The molecule has 1 aromatic carbocycles. The number of anilines is 1. The van der Waals surface area contributed by atoms with Gasteiger partial charge >= 0.3 is 0 Å². The van der Waals surface area contributed by atoms with E-state index in [0.717, 1.165) is 37.6 Å². The molecule has 2 atom stereocenters. The van der Waals surface area contributed by atoms with Gasteiger partial charge in [0.25, 0.3) is 0 Å². The number of carbonyl (C=O) groups excluding carboxylic acids is 1. The Kier molecular flexibility index (Phi) is 6.21. The summed E-state index contributed by atoms with van der Waals surface area (Å²) in [6, 6.07) is 8.14. The molecule has 1 saturated heterocycles. The van der Waals surface area contributed by atoms with E-state index in [0.29, 0.717) is 18.9 Å². The van der Waals surface area contributed by atoms with Gasteiger partial charge in [0.2, 0.25) is 5.91 Å². The van der Waals surface area contributed by atoms with Crippen LogP contribution in [0.3, 0.4) is 0 Å². The Morgan fingerprint density at radius 2 is 2.00 bits per heavy atom. The van der Waals surface area contributed by atoms with Gasteiger partial charge in [0.15, 0.2) is 0 Å². The number of para-hydroxylation sites is 1. The molecule has 0 radical (unpaired) electrons. The minimum Gasteiger partial charge on any atom is -0.399 e. The van der Waals surface area contributed by atoms with Crippen molar-refractivity contribution in [3.05, 3.63) is 29.8 Å². The van der Waals surface area contributed by atoms with Crippen molar-refractivity contribution in [3.8, 4) is 0 Å². The number of nitrogen functional groups attached to an aromatic ring is 1. The number of nitrogens with two attached hydrogens (primary N) is 1. The van der Waals surface area contributed by atoms with Crippen LogP contribution >= 0.6 is 0 Å². The molecule has 1 aromatic rings. The fraction of sp³-hybridized carbons (Fsp3) is 0.588. The average molecular weight is 305 g/mol. The molecule has 1 aliphatic rings. The van der Waals surface area contributed by atoms with Crippen LogP contribution in [0.25, 0.3) is 0 Å². The van der Waals surface area contributed by atoms with Crippen molar-refractivity contribution in [2.24, 2.45) is 0 Å². The molecule has 22 heavy (non-hydrogen) atoms. The maximum Gasteiger partial charge on any atom is 0.220 e. The minimum absolute atomic E-state index is 0.0795. The summed E-state index contributed by atoms with van der Waals surface area (Å²) in [6.07, 6.45) is 1.14. The molecule has 1 aliphatic heterocycles. The maximum atomic E-state index is 12.1. The molecular formula is C17H27N3O2. The molecule has 0 spiro atoms. The third-order valence-corrected chi connectivity index (χ3v) is 4.41. The first kappa shape index (κ1) is 16.8. The number of carbonyl (C=O) groups is 1. The number of amides is 1. The first-order chi connectivity index (χ1) is 10.6. The second kappa shape index (κ2) is 8.15. The highest BCUT2D eigenvalue weighted by Gasteiger charge is 2.23. The van der Waals surface area contributed by atoms with Crippen LogP contribution in [-0.2, 0) is 16.0 Å². The van der Waals surface area contributed by atoms with Crippen molar-refractivity contribution in [2.45, 2.75) is 38.8 Å². The Morgan fingerprint density at radius 3 is 2.68 bits per heavy atom. The van der Waals surface area contributed by atoms with Gasteiger partial charge in [-0.3, -0.25) is 9.69 Å². The molecule has 5 nitrogen and oxygen atoms in total. The molecule has 3 N–H and O–H groups in total. The zero-order valence-electron chi connectivity index (χ0n) is 13.5. The van der Waals surface area contributed by atoms with E-state index in [-0.39, 0.29) is 11.9 Å². The SMILES string of the molecule is CC(NC(=O)CCc1ccccc1N)C(C)N1CCOCC1. The summed E-state index contributed by atoms with van der Waals surface area (Å²) in [5.41, 5.74) is 7.69. The van der Waals surface area contributed by atoms with Gasteiger partial charge in [0, 0.05) is 37.3 Å². The number of hydrogen-bond acceptors (Lipinski definition) is 4. The van der Waals surface area contributed by atoms with Gasteiger partial charge in [-0.05, 0) is 31.9 Å². The Hall–Kier alpha value is -1.59. The van der Waals surface area contributed by atoms with Gasteiger partial charge in [-0.1, -0.05) is 18.2 Å². The van der Waals surface area contributed by atoms with Crippen LogP contribution < -0.4 is 11.1 Å². The lowest BCUT2D eigenvalue weighted by atomic mass is 10.1. The molecular weight excluding hydrogens is 278 g/mol. The van der Waals surface area contributed by atoms with Crippen LogP contribution in [0.2, 0.25) is 0 Å². The van der Waals surface area contributed by atoms with Gasteiger partial charge in [0.05, 0.1) is 13.2 Å². The minimum atomic E-state index is 0.0795. The summed E-state index contributed by atoms with van der Waals surface area (Å²) in [6.45, 7) is 7.64. The zero-order chi connectivity index (χ0) is 15.9. The fourth-order valence-electron chi connectivity index (χ4n) is 2.76. The summed E-state index contributed by atoms with van der Waals surface area (Å²) in [5, 5.41) is 3.10. The van der Waals surface area contributed by atoms with Gasteiger partial charge < -0.3 is 15.8 Å². The second-order valence-corrected chi connectivity index (χ2v) is 5.94. The van der Waals surface area contributed by atoms with Crippen LogP contribution in [0.4, 0.5) is 5.69 Å². The van der Waals surface area contributed by atoms with Crippen LogP contribution in [0.1, 0.15) is 25.8 Å². The molecule has 0 aromatic heterocycles. The van der Waals surface area contributed by atoms with Crippen LogP contribution in [-0.4, -0.2) is 49.2 Å². The fourth-order valence-corrected chi connectivity index (χ4v) is 2.76. The third-order valence-electron chi connectivity index (χ3n) is 4.41. The molecule has 1 heterocycles. The molecule has 0 saturated carbocycles. The Labute approximate surface area is 132 Å². The van der Waals surface area contributed by atoms with Crippen molar-refractivity contribution < 1.29 is 9.53 Å². The summed E-state index contributed by atoms with van der Waals surface area (Å²) < 4.78 is 5.37. The predicted molar refractivity (Wildman–Crippen MR) is 88.6 cm³/mol. The molecule has 2 rings (SSSR count). The predicted octanol–water partition coefficient (Wildman–Crippen LogP) is 1.43. The molecule has 1 amide bonds. The van der Waals surface area contributed by atoms with E-state index < -0.39 is 0 Å². The summed E-state index contributed by atoms with van der Waals surface area (Å²) in [7, 11) is 0.